The number of allylic oxidation sites excluding steroid dienone is 1. The highest BCUT2D eigenvalue weighted by Gasteiger charge is 2.42. The van der Waals surface area contributed by atoms with Crippen molar-refractivity contribution in [3.8, 4) is 0 Å². The van der Waals surface area contributed by atoms with E-state index in [0.29, 0.717) is 12.8 Å². The zero-order valence-electron chi connectivity index (χ0n) is 19.3. The Kier molecular flexibility index (Phi) is 8.50. The maximum Gasteiger partial charge on any atom is 0.289 e. The largest absolute Gasteiger partial charge is 0.414 e. The van der Waals surface area contributed by atoms with Gasteiger partial charge in [0.2, 0.25) is 0 Å². The summed E-state index contributed by atoms with van der Waals surface area (Å²) in [6.45, 7) is 14.4. The molecule has 0 aromatic heterocycles. The van der Waals surface area contributed by atoms with Crippen LogP contribution in [0.3, 0.4) is 0 Å². The number of sulfonamides is 1. The van der Waals surface area contributed by atoms with Crippen LogP contribution in [0, 0.1) is 10.1 Å². The summed E-state index contributed by atoms with van der Waals surface area (Å²) in [6.07, 6.45) is 5.75. The molecule has 1 aliphatic carbocycles. The maximum atomic E-state index is 13.6. The molecule has 0 fully saturated rings. The molecule has 1 aromatic rings. The highest BCUT2D eigenvalue weighted by molar-refractivity contribution is 7.89. The molecule has 0 saturated heterocycles. The topological polar surface area (TPSA) is 89.8 Å². The lowest BCUT2D eigenvalue weighted by atomic mass is 10.1. The van der Waals surface area contributed by atoms with Crippen LogP contribution in [-0.2, 0) is 14.4 Å². The lowest BCUT2D eigenvalue weighted by Crippen LogP contribution is -2.46. The van der Waals surface area contributed by atoms with Crippen LogP contribution in [0.4, 0.5) is 5.69 Å². The Labute approximate surface area is 197 Å². The van der Waals surface area contributed by atoms with Crippen LogP contribution in [0.15, 0.2) is 54.0 Å². The van der Waals surface area contributed by atoms with Gasteiger partial charge in [-0.3, -0.25) is 10.1 Å². The Hall–Kier alpha value is -1.52. The number of rotatable bonds is 8. The summed E-state index contributed by atoms with van der Waals surface area (Å²) in [6, 6.07) is 4.81. The van der Waals surface area contributed by atoms with Gasteiger partial charge in [-0.05, 0) is 37.0 Å². The number of halogens is 1. The molecule has 0 saturated carbocycles. The molecule has 10 heteroatoms. The molecule has 0 N–H and O–H groups in total. The van der Waals surface area contributed by atoms with Gasteiger partial charge in [-0.2, -0.15) is 4.31 Å². The molecule has 3 atom stereocenters. The van der Waals surface area contributed by atoms with Gasteiger partial charge in [0, 0.05) is 24.8 Å². The van der Waals surface area contributed by atoms with Crippen LogP contribution in [0.1, 0.15) is 33.6 Å². The Morgan fingerprint density at radius 1 is 1.28 bits per heavy atom. The first kappa shape index (κ1) is 26.7. The Balaban J connectivity index is 2.46. The minimum Gasteiger partial charge on any atom is -0.414 e. The van der Waals surface area contributed by atoms with E-state index in [0.717, 1.165) is 0 Å². The third-order valence-corrected chi connectivity index (χ3v) is 12.9. The lowest BCUT2D eigenvalue weighted by molar-refractivity contribution is -0.387. The molecular weight excluding hydrogens is 468 g/mol. The van der Waals surface area contributed by atoms with Crippen molar-refractivity contribution < 1.29 is 17.8 Å². The third-order valence-electron chi connectivity index (χ3n) is 6.13. The van der Waals surface area contributed by atoms with Crippen LogP contribution in [-0.4, -0.2) is 50.0 Å². The first-order chi connectivity index (χ1) is 14.7. The number of hydrogen-bond donors (Lipinski definition) is 0. The average molecular weight is 501 g/mol. The molecule has 1 aromatic carbocycles. The zero-order chi connectivity index (χ0) is 24.3. The van der Waals surface area contributed by atoms with Crippen molar-refractivity contribution in [3.05, 3.63) is 59.2 Å². The molecule has 0 aliphatic heterocycles. The highest BCUT2D eigenvalue weighted by atomic mass is 35.5. The van der Waals surface area contributed by atoms with Crippen molar-refractivity contribution in [1.82, 2.24) is 4.31 Å². The fraction of sp³-hybridized carbons (Fsp3) is 0.545. The third kappa shape index (κ3) is 6.08. The van der Waals surface area contributed by atoms with Crippen LogP contribution in [0.25, 0.3) is 0 Å². The second-order valence-corrected chi connectivity index (χ2v) is 16.7. The zero-order valence-corrected chi connectivity index (χ0v) is 21.9. The molecule has 178 valence electrons. The standard InChI is InChI=1S/C22H33ClN2O5SSi/c1-7-14-24(31(28,29)21-11-9-8-10-20(21)25(26)27)18-13-12-17(23)15-19(16-18)30-32(5,6)22(2,3)4/h7-13,17-19H,1,14-16H2,2-6H3/t17-,18+,19+/m1/s1. The van der Waals surface area contributed by atoms with E-state index in [1.54, 1.807) is 12.2 Å². The number of alkyl halides is 1. The summed E-state index contributed by atoms with van der Waals surface area (Å²) in [5.74, 6) is 0. The minimum absolute atomic E-state index is 0.00313. The van der Waals surface area contributed by atoms with Gasteiger partial charge in [0.25, 0.3) is 15.7 Å². The Morgan fingerprint density at radius 3 is 2.47 bits per heavy atom. The van der Waals surface area contributed by atoms with E-state index in [2.05, 4.69) is 40.4 Å². The molecular formula is C22H33ClN2O5SSi. The van der Waals surface area contributed by atoms with Crippen LogP contribution in [0.5, 0.6) is 0 Å². The van der Waals surface area contributed by atoms with Gasteiger partial charge >= 0.3 is 0 Å². The highest BCUT2D eigenvalue weighted by Crippen LogP contribution is 2.39. The first-order valence-corrected chi connectivity index (χ1v) is 15.4. The molecule has 0 unspecified atom stereocenters. The molecule has 1 aliphatic rings. The maximum absolute atomic E-state index is 13.6. The molecule has 0 spiro atoms. The van der Waals surface area contributed by atoms with E-state index in [1.807, 2.05) is 0 Å². The van der Waals surface area contributed by atoms with Gasteiger partial charge in [-0.15, -0.1) is 18.2 Å². The summed E-state index contributed by atoms with van der Waals surface area (Å²) in [4.78, 5) is 10.5. The fourth-order valence-electron chi connectivity index (χ4n) is 3.42. The predicted molar refractivity (Wildman–Crippen MR) is 131 cm³/mol. The predicted octanol–water partition coefficient (Wildman–Crippen LogP) is 5.49. The van der Waals surface area contributed by atoms with Crippen molar-refractivity contribution in [2.45, 2.75) is 74.2 Å². The Morgan fingerprint density at radius 2 is 1.91 bits per heavy atom. The van der Waals surface area contributed by atoms with Crippen molar-refractivity contribution in [2.75, 3.05) is 6.54 Å². The molecule has 0 heterocycles. The van der Waals surface area contributed by atoms with Gasteiger partial charge in [0.05, 0.1) is 10.3 Å². The monoisotopic (exact) mass is 500 g/mol. The summed E-state index contributed by atoms with van der Waals surface area (Å²) >= 11 is 6.48. The number of nitrogens with zero attached hydrogens (tertiary/aromatic N) is 2. The Bertz CT molecular complexity index is 975. The van der Waals surface area contributed by atoms with E-state index in [-0.39, 0.29) is 28.0 Å². The van der Waals surface area contributed by atoms with Crippen LogP contribution < -0.4 is 0 Å². The molecule has 2 rings (SSSR count). The SMILES string of the molecule is C=CCN([C@H]1C=C[C@@H](Cl)C[C@H](O[Si](C)(C)C(C)(C)C)C1)S(=O)(=O)c1ccccc1[N+](=O)[O-]. The number of nitro benzene ring substituents is 1. The molecule has 0 radical (unpaired) electrons. The number of para-hydroxylation sites is 1. The van der Waals surface area contributed by atoms with Crippen molar-refractivity contribution in [2.24, 2.45) is 0 Å². The second kappa shape index (κ2) is 10.2. The van der Waals surface area contributed by atoms with Crippen molar-refractivity contribution >= 4 is 35.6 Å². The van der Waals surface area contributed by atoms with Gasteiger partial charge < -0.3 is 4.43 Å². The van der Waals surface area contributed by atoms with Gasteiger partial charge in [-0.25, -0.2) is 8.42 Å². The smallest absolute Gasteiger partial charge is 0.289 e. The summed E-state index contributed by atoms with van der Waals surface area (Å²) in [5.41, 5.74) is -0.455. The molecule has 32 heavy (non-hydrogen) atoms. The summed E-state index contributed by atoms with van der Waals surface area (Å²) in [5, 5.41) is 11.2. The van der Waals surface area contributed by atoms with E-state index in [1.165, 1.54) is 34.6 Å². The number of hydrogen-bond acceptors (Lipinski definition) is 5. The van der Waals surface area contributed by atoms with Crippen molar-refractivity contribution in [1.29, 1.82) is 0 Å². The van der Waals surface area contributed by atoms with E-state index in [4.69, 9.17) is 16.0 Å². The molecule has 7 nitrogen and oxygen atoms in total. The lowest BCUT2D eigenvalue weighted by Gasteiger charge is -2.40. The number of benzene rings is 1. The van der Waals surface area contributed by atoms with Gasteiger partial charge in [0.1, 0.15) is 0 Å². The fourth-order valence-corrected chi connectivity index (χ4v) is 6.80. The first-order valence-electron chi connectivity index (χ1n) is 10.6. The van der Waals surface area contributed by atoms with Crippen molar-refractivity contribution in [3.63, 3.8) is 0 Å². The minimum atomic E-state index is -4.19. The number of nitro groups is 1. The van der Waals surface area contributed by atoms with Crippen LogP contribution in [0.2, 0.25) is 18.1 Å². The van der Waals surface area contributed by atoms with E-state index in [9.17, 15) is 18.5 Å². The van der Waals surface area contributed by atoms with Gasteiger partial charge in [-0.1, -0.05) is 51.1 Å². The molecule has 0 amide bonds. The molecule has 0 bridgehead atoms. The van der Waals surface area contributed by atoms with Crippen LogP contribution >= 0.6 is 11.6 Å². The van der Waals surface area contributed by atoms with E-state index < -0.39 is 35.0 Å². The van der Waals surface area contributed by atoms with Gasteiger partial charge in [0.15, 0.2) is 13.2 Å². The van der Waals surface area contributed by atoms with E-state index >= 15 is 0 Å². The summed E-state index contributed by atoms with van der Waals surface area (Å²) in [7, 11) is -6.31. The average Bonchev–Trinajstić information content (AvgIpc) is 2.85. The normalized spacial score (nSPS) is 22.5. The second-order valence-electron chi connectivity index (χ2n) is 9.53. The summed E-state index contributed by atoms with van der Waals surface area (Å²) < 4.78 is 35.0. The quantitative estimate of drug-likeness (QED) is 0.155.